The molecule has 5 nitrogen and oxygen atoms in total. The van der Waals surface area contributed by atoms with Crippen molar-refractivity contribution >= 4 is 11.9 Å². The first-order valence-electron chi connectivity index (χ1n) is 7.49. The van der Waals surface area contributed by atoms with Crippen molar-refractivity contribution in [2.24, 2.45) is 23.7 Å². The van der Waals surface area contributed by atoms with Crippen LogP contribution in [0.4, 0.5) is 0 Å². The van der Waals surface area contributed by atoms with Crippen molar-refractivity contribution in [2.45, 2.75) is 45.0 Å². The summed E-state index contributed by atoms with van der Waals surface area (Å²) in [5.41, 5.74) is -0.576. The van der Waals surface area contributed by atoms with Crippen LogP contribution in [0.15, 0.2) is 12.7 Å². The van der Waals surface area contributed by atoms with Crippen LogP contribution in [0, 0.1) is 23.7 Å². The third-order valence-corrected chi connectivity index (χ3v) is 5.29. The third kappa shape index (κ3) is 2.18. The van der Waals surface area contributed by atoms with Gasteiger partial charge in [-0.3, -0.25) is 4.79 Å². The van der Waals surface area contributed by atoms with E-state index >= 15 is 0 Å². The molecule has 3 aliphatic rings. The highest BCUT2D eigenvalue weighted by Gasteiger charge is 2.67. The molecule has 2 saturated carbocycles. The van der Waals surface area contributed by atoms with Crippen LogP contribution in [0.1, 0.15) is 27.2 Å². The summed E-state index contributed by atoms with van der Waals surface area (Å²) in [4.78, 5) is 23.0. The standard InChI is InChI=1S/C16H22O5/c1-5-12(18)20-15-10-6-9-11(7-19-14(9)15)13(10)16(3,4)21-8(2)17/h5,9-11,13-15H,1,6-7H2,2-4H3. The van der Waals surface area contributed by atoms with Gasteiger partial charge in [-0.2, -0.15) is 0 Å². The van der Waals surface area contributed by atoms with E-state index in [2.05, 4.69) is 6.58 Å². The SMILES string of the molecule is C=CC(=O)OC1C2CC3C(COC31)C2C(C)(C)OC(C)=O. The number of fused-ring (bicyclic) bond motifs is 1. The van der Waals surface area contributed by atoms with Gasteiger partial charge in [-0.25, -0.2) is 4.79 Å². The number of ether oxygens (including phenoxy) is 3. The van der Waals surface area contributed by atoms with Gasteiger partial charge in [-0.15, -0.1) is 0 Å². The fraction of sp³-hybridized carbons (Fsp3) is 0.750. The summed E-state index contributed by atoms with van der Waals surface area (Å²) in [6.45, 7) is 9.42. The van der Waals surface area contributed by atoms with Gasteiger partial charge in [0.2, 0.25) is 0 Å². The largest absolute Gasteiger partial charge is 0.460 e. The number of carbonyl (C=O) groups is 2. The van der Waals surface area contributed by atoms with Gasteiger partial charge in [-0.05, 0) is 32.1 Å². The maximum absolute atomic E-state index is 11.6. The lowest BCUT2D eigenvalue weighted by Gasteiger charge is -2.41. The van der Waals surface area contributed by atoms with Crippen molar-refractivity contribution in [1.29, 1.82) is 0 Å². The van der Waals surface area contributed by atoms with Gasteiger partial charge >= 0.3 is 11.9 Å². The molecule has 21 heavy (non-hydrogen) atoms. The van der Waals surface area contributed by atoms with Gasteiger partial charge in [0.05, 0.1) is 12.7 Å². The fourth-order valence-electron chi connectivity index (χ4n) is 4.90. The molecule has 0 aromatic heterocycles. The average Bonchev–Trinajstić information content (AvgIpc) is 2.97. The van der Waals surface area contributed by atoms with Crippen LogP contribution in [0.2, 0.25) is 0 Å². The second kappa shape index (κ2) is 4.83. The molecular weight excluding hydrogens is 272 g/mol. The molecule has 3 fully saturated rings. The maximum Gasteiger partial charge on any atom is 0.330 e. The molecule has 3 rings (SSSR count). The normalized spacial score (nSPS) is 40.1. The predicted octanol–water partition coefficient (Wildman–Crippen LogP) is 1.71. The lowest BCUT2D eigenvalue weighted by molar-refractivity contribution is -0.171. The Balaban J connectivity index is 1.85. The highest BCUT2D eigenvalue weighted by atomic mass is 16.6. The number of hydrogen-bond acceptors (Lipinski definition) is 5. The minimum absolute atomic E-state index is 0.00622. The molecule has 5 heteroatoms. The van der Waals surface area contributed by atoms with E-state index in [1.54, 1.807) is 0 Å². The van der Waals surface area contributed by atoms with Crippen molar-refractivity contribution in [3.8, 4) is 0 Å². The number of rotatable bonds is 4. The lowest BCUT2D eigenvalue weighted by Crippen LogP contribution is -2.49. The van der Waals surface area contributed by atoms with Crippen LogP contribution >= 0.6 is 0 Å². The maximum atomic E-state index is 11.6. The lowest BCUT2D eigenvalue weighted by atomic mass is 9.71. The molecule has 116 valence electrons. The van der Waals surface area contributed by atoms with Crippen LogP contribution < -0.4 is 0 Å². The number of hydrogen-bond donors (Lipinski definition) is 0. The summed E-state index contributed by atoms with van der Waals surface area (Å²) >= 11 is 0. The molecule has 1 aliphatic heterocycles. The summed E-state index contributed by atoms with van der Waals surface area (Å²) in [5, 5.41) is 0. The zero-order chi connectivity index (χ0) is 15.4. The van der Waals surface area contributed by atoms with E-state index < -0.39 is 11.6 Å². The Morgan fingerprint density at radius 1 is 1.29 bits per heavy atom. The fourth-order valence-corrected chi connectivity index (χ4v) is 4.90. The molecule has 0 spiro atoms. The molecule has 1 saturated heterocycles. The summed E-state index contributed by atoms with van der Waals surface area (Å²) in [6, 6.07) is 0. The Bertz CT molecular complexity index is 483. The van der Waals surface area contributed by atoms with E-state index in [0.29, 0.717) is 18.4 Å². The topological polar surface area (TPSA) is 61.8 Å². The molecule has 0 N–H and O–H groups in total. The van der Waals surface area contributed by atoms with Crippen molar-refractivity contribution in [3.63, 3.8) is 0 Å². The summed E-state index contributed by atoms with van der Waals surface area (Å²) in [5.74, 6) is 0.436. The number of carbonyl (C=O) groups excluding carboxylic acids is 2. The van der Waals surface area contributed by atoms with E-state index in [-0.39, 0.29) is 30.0 Å². The van der Waals surface area contributed by atoms with Gasteiger partial charge in [0.15, 0.2) is 0 Å². The Kier molecular flexibility index (Phi) is 3.35. The van der Waals surface area contributed by atoms with E-state index in [9.17, 15) is 9.59 Å². The van der Waals surface area contributed by atoms with Crippen LogP contribution in [-0.2, 0) is 23.8 Å². The van der Waals surface area contributed by atoms with Gasteiger partial charge < -0.3 is 14.2 Å². The highest BCUT2D eigenvalue weighted by Crippen LogP contribution is 2.61. The smallest absolute Gasteiger partial charge is 0.330 e. The number of esters is 2. The summed E-state index contributed by atoms with van der Waals surface area (Å²) in [7, 11) is 0. The predicted molar refractivity (Wildman–Crippen MR) is 74.2 cm³/mol. The van der Waals surface area contributed by atoms with Gasteiger partial charge in [0, 0.05) is 24.8 Å². The first-order valence-corrected chi connectivity index (χ1v) is 7.49. The molecule has 0 radical (unpaired) electrons. The van der Waals surface area contributed by atoms with E-state index in [1.807, 2.05) is 13.8 Å². The van der Waals surface area contributed by atoms with Crippen LogP contribution in [-0.4, -0.2) is 36.4 Å². The first-order chi connectivity index (χ1) is 9.85. The molecule has 2 bridgehead atoms. The van der Waals surface area contributed by atoms with E-state index in [0.717, 1.165) is 6.42 Å². The Morgan fingerprint density at radius 2 is 2.00 bits per heavy atom. The Labute approximate surface area is 124 Å². The molecule has 1 heterocycles. The molecule has 0 aromatic rings. The molecule has 0 amide bonds. The van der Waals surface area contributed by atoms with Crippen LogP contribution in [0.3, 0.4) is 0 Å². The quantitative estimate of drug-likeness (QED) is 0.583. The second-order valence-electron chi connectivity index (χ2n) is 6.85. The van der Waals surface area contributed by atoms with Crippen molar-refractivity contribution < 1.29 is 23.8 Å². The van der Waals surface area contributed by atoms with Crippen molar-refractivity contribution in [2.75, 3.05) is 6.61 Å². The first kappa shape index (κ1) is 14.6. The summed E-state index contributed by atoms with van der Waals surface area (Å²) < 4.78 is 16.9. The van der Waals surface area contributed by atoms with Crippen LogP contribution in [0.25, 0.3) is 0 Å². The van der Waals surface area contributed by atoms with E-state index in [4.69, 9.17) is 14.2 Å². The van der Waals surface area contributed by atoms with E-state index in [1.165, 1.54) is 13.0 Å². The monoisotopic (exact) mass is 294 g/mol. The van der Waals surface area contributed by atoms with Crippen LogP contribution in [0.5, 0.6) is 0 Å². The zero-order valence-electron chi connectivity index (χ0n) is 12.7. The minimum Gasteiger partial charge on any atom is -0.460 e. The van der Waals surface area contributed by atoms with Gasteiger partial charge in [0.1, 0.15) is 11.7 Å². The molecular formula is C16H22O5. The molecule has 6 unspecified atom stereocenters. The average molecular weight is 294 g/mol. The van der Waals surface area contributed by atoms with Crippen molar-refractivity contribution in [3.05, 3.63) is 12.7 Å². The Hall–Kier alpha value is -1.36. The minimum atomic E-state index is -0.576. The second-order valence-corrected chi connectivity index (χ2v) is 6.85. The van der Waals surface area contributed by atoms with Crippen molar-refractivity contribution in [1.82, 2.24) is 0 Å². The van der Waals surface area contributed by atoms with Gasteiger partial charge in [0.25, 0.3) is 0 Å². The molecule has 0 aromatic carbocycles. The van der Waals surface area contributed by atoms with Gasteiger partial charge in [-0.1, -0.05) is 6.58 Å². The third-order valence-electron chi connectivity index (χ3n) is 5.29. The molecule has 2 aliphatic carbocycles. The Morgan fingerprint density at radius 3 is 2.62 bits per heavy atom. The molecule has 6 atom stereocenters. The zero-order valence-corrected chi connectivity index (χ0v) is 12.7. The summed E-state index contributed by atoms with van der Waals surface area (Å²) in [6.07, 6.45) is 1.90. The highest BCUT2D eigenvalue weighted by molar-refractivity contribution is 5.81.